The van der Waals surface area contributed by atoms with Crippen molar-refractivity contribution in [2.24, 2.45) is 0 Å². The molecule has 18 heavy (non-hydrogen) atoms. The van der Waals surface area contributed by atoms with Gasteiger partial charge in [-0.2, -0.15) is 0 Å². The summed E-state index contributed by atoms with van der Waals surface area (Å²) in [6.07, 6.45) is 3.02. The Morgan fingerprint density at radius 2 is 1.89 bits per heavy atom. The van der Waals surface area contributed by atoms with E-state index in [1.165, 1.54) is 12.4 Å². The lowest BCUT2D eigenvalue weighted by atomic mass is 10.2. The molecular weight excluding hydrogens is 296 g/mol. The van der Waals surface area contributed by atoms with Crippen LogP contribution in [0.3, 0.4) is 0 Å². The van der Waals surface area contributed by atoms with Gasteiger partial charge in [-0.05, 0) is 40.2 Å². The molecule has 0 aliphatic heterocycles. The van der Waals surface area contributed by atoms with Crippen LogP contribution in [-0.4, -0.2) is 22.9 Å². The fraction of sp³-hybridized carbons (Fsp3) is 0.0833. The van der Waals surface area contributed by atoms with Crippen LogP contribution in [-0.2, 0) is 0 Å². The Bertz CT molecular complexity index is 539. The maximum atomic E-state index is 11.9. The van der Waals surface area contributed by atoms with Crippen molar-refractivity contribution >= 4 is 33.3 Å². The number of carbonyl (C=O) groups is 1. The quantitative estimate of drug-likeness (QED) is 0.914. The molecular formula is C12H11BrN4O. The Balaban J connectivity index is 2.09. The number of rotatable bonds is 3. The standard InChI is InChI=1S/C12H11BrN4O/c1-14-9-4-2-8(3-5-9)12(18)17-11-7-15-10(13)6-16-11/h2-7,14H,1H3,(H,16,17,18). The van der Waals surface area contributed by atoms with E-state index in [4.69, 9.17) is 0 Å². The minimum absolute atomic E-state index is 0.214. The number of aromatic nitrogens is 2. The molecule has 0 saturated heterocycles. The first-order valence-corrected chi connectivity index (χ1v) is 6.05. The van der Waals surface area contributed by atoms with Crippen molar-refractivity contribution in [3.05, 3.63) is 46.8 Å². The van der Waals surface area contributed by atoms with Gasteiger partial charge < -0.3 is 10.6 Å². The summed E-state index contributed by atoms with van der Waals surface area (Å²) in [5, 5.41) is 5.66. The maximum Gasteiger partial charge on any atom is 0.256 e. The number of hydrogen-bond donors (Lipinski definition) is 2. The number of nitrogens with zero attached hydrogens (tertiary/aromatic N) is 2. The highest BCUT2D eigenvalue weighted by Crippen LogP contribution is 2.11. The van der Waals surface area contributed by atoms with E-state index in [0.717, 1.165) is 5.69 Å². The van der Waals surface area contributed by atoms with Crippen molar-refractivity contribution in [1.29, 1.82) is 0 Å². The molecule has 0 fully saturated rings. The van der Waals surface area contributed by atoms with E-state index in [1.54, 1.807) is 12.1 Å². The molecule has 0 atom stereocenters. The number of carbonyl (C=O) groups excluding carboxylic acids is 1. The van der Waals surface area contributed by atoms with Gasteiger partial charge in [-0.3, -0.25) is 4.79 Å². The van der Waals surface area contributed by atoms with Gasteiger partial charge in [0.2, 0.25) is 0 Å². The number of amides is 1. The molecule has 2 N–H and O–H groups in total. The van der Waals surface area contributed by atoms with E-state index in [1.807, 2.05) is 19.2 Å². The van der Waals surface area contributed by atoms with Crippen molar-refractivity contribution in [1.82, 2.24) is 9.97 Å². The normalized spacial score (nSPS) is 9.89. The van der Waals surface area contributed by atoms with Crippen LogP contribution in [0.25, 0.3) is 0 Å². The second-order valence-electron chi connectivity index (χ2n) is 3.51. The average molecular weight is 307 g/mol. The summed E-state index contributed by atoms with van der Waals surface area (Å²) in [4.78, 5) is 19.9. The SMILES string of the molecule is CNc1ccc(C(=O)Nc2cnc(Br)cn2)cc1. The Hall–Kier alpha value is -1.95. The van der Waals surface area contributed by atoms with Gasteiger partial charge in [0, 0.05) is 18.3 Å². The number of nitrogens with one attached hydrogen (secondary N) is 2. The number of anilines is 2. The molecule has 0 saturated carbocycles. The highest BCUT2D eigenvalue weighted by atomic mass is 79.9. The molecule has 1 amide bonds. The lowest BCUT2D eigenvalue weighted by molar-refractivity contribution is 0.102. The topological polar surface area (TPSA) is 66.9 Å². The third kappa shape index (κ3) is 3.04. The number of halogens is 1. The molecule has 0 aliphatic rings. The van der Waals surface area contributed by atoms with Crippen molar-refractivity contribution in [2.75, 3.05) is 17.7 Å². The van der Waals surface area contributed by atoms with Crippen molar-refractivity contribution in [3.8, 4) is 0 Å². The summed E-state index contributed by atoms with van der Waals surface area (Å²) in [6.45, 7) is 0. The van der Waals surface area contributed by atoms with Crippen LogP contribution >= 0.6 is 15.9 Å². The van der Waals surface area contributed by atoms with Gasteiger partial charge in [0.05, 0.1) is 12.4 Å². The van der Waals surface area contributed by atoms with E-state index < -0.39 is 0 Å². The Kier molecular flexibility index (Phi) is 3.88. The monoisotopic (exact) mass is 306 g/mol. The Morgan fingerprint density at radius 3 is 2.44 bits per heavy atom. The molecule has 2 aromatic rings. The van der Waals surface area contributed by atoms with Gasteiger partial charge in [0.1, 0.15) is 4.60 Å². The van der Waals surface area contributed by atoms with Gasteiger partial charge >= 0.3 is 0 Å². The molecule has 0 spiro atoms. The molecule has 1 aromatic heterocycles. The molecule has 2 rings (SSSR count). The zero-order valence-corrected chi connectivity index (χ0v) is 11.2. The number of benzene rings is 1. The molecule has 92 valence electrons. The second-order valence-corrected chi connectivity index (χ2v) is 4.32. The van der Waals surface area contributed by atoms with Crippen LogP contribution in [0, 0.1) is 0 Å². The van der Waals surface area contributed by atoms with E-state index in [-0.39, 0.29) is 5.91 Å². The highest BCUT2D eigenvalue weighted by Gasteiger charge is 2.06. The summed E-state index contributed by atoms with van der Waals surface area (Å²) in [5.74, 6) is 0.204. The van der Waals surface area contributed by atoms with Gasteiger partial charge in [0.25, 0.3) is 5.91 Å². The Labute approximate surface area is 113 Å². The second kappa shape index (κ2) is 5.59. The molecule has 1 heterocycles. The summed E-state index contributed by atoms with van der Waals surface area (Å²) in [7, 11) is 1.83. The van der Waals surface area contributed by atoms with E-state index in [9.17, 15) is 4.79 Å². The smallest absolute Gasteiger partial charge is 0.256 e. The van der Waals surface area contributed by atoms with Crippen LogP contribution in [0.2, 0.25) is 0 Å². The molecule has 6 heteroatoms. The first kappa shape index (κ1) is 12.5. The van der Waals surface area contributed by atoms with Crippen LogP contribution < -0.4 is 10.6 Å². The largest absolute Gasteiger partial charge is 0.388 e. The summed E-state index contributed by atoms with van der Waals surface area (Å²) in [6, 6.07) is 7.16. The first-order valence-electron chi connectivity index (χ1n) is 5.26. The van der Waals surface area contributed by atoms with E-state index in [2.05, 4.69) is 36.5 Å². The zero-order chi connectivity index (χ0) is 13.0. The van der Waals surface area contributed by atoms with Crippen molar-refractivity contribution < 1.29 is 4.79 Å². The predicted octanol–water partition coefficient (Wildman–Crippen LogP) is 2.53. The minimum Gasteiger partial charge on any atom is -0.388 e. The van der Waals surface area contributed by atoms with Crippen LogP contribution in [0.5, 0.6) is 0 Å². The summed E-state index contributed by atoms with van der Waals surface area (Å²) >= 11 is 3.18. The average Bonchev–Trinajstić information content (AvgIpc) is 2.41. The number of hydrogen-bond acceptors (Lipinski definition) is 4. The van der Waals surface area contributed by atoms with E-state index >= 15 is 0 Å². The fourth-order valence-electron chi connectivity index (χ4n) is 1.35. The first-order chi connectivity index (χ1) is 8.69. The molecule has 0 bridgehead atoms. The van der Waals surface area contributed by atoms with Crippen LogP contribution in [0.15, 0.2) is 41.3 Å². The predicted molar refractivity (Wildman–Crippen MR) is 73.7 cm³/mol. The molecule has 1 aromatic carbocycles. The van der Waals surface area contributed by atoms with Crippen LogP contribution in [0.1, 0.15) is 10.4 Å². The van der Waals surface area contributed by atoms with Crippen LogP contribution in [0.4, 0.5) is 11.5 Å². The van der Waals surface area contributed by atoms with E-state index in [0.29, 0.717) is 16.0 Å². The molecule has 0 radical (unpaired) electrons. The maximum absolute atomic E-state index is 11.9. The third-order valence-electron chi connectivity index (χ3n) is 2.30. The molecule has 0 unspecified atom stereocenters. The lowest BCUT2D eigenvalue weighted by Gasteiger charge is -2.05. The summed E-state index contributed by atoms with van der Waals surface area (Å²) in [5.41, 5.74) is 1.52. The third-order valence-corrected chi connectivity index (χ3v) is 2.71. The fourth-order valence-corrected chi connectivity index (χ4v) is 1.56. The molecule has 0 aliphatic carbocycles. The lowest BCUT2D eigenvalue weighted by Crippen LogP contribution is -2.13. The van der Waals surface area contributed by atoms with Gasteiger partial charge in [-0.1, -0.05) is 0 Å². The van der Waals surface area contributed by atoms with Gasteiger partial charge in [-0.25, -0.2) is 9.97 Å². The van der Waals surface area contributed by atoms with Gasteiger partial charge in [0.15, 0.2) is 5.82 Å². The van der Waals surface area contributed by atoms with Crippen molar-refractivity contribution in [3.63, 3.8) is 0 Å². The molecule has 5 nitrogen and oxygen atoms in total. The van der Waals surface area contributed by atoms with Crippen molar-refractivity contribution in [2.45, 2.75) is 0 Å². The summed E-state index contributed by atoms with van der Waals surface area (Å²) < 4.78 is 0.624. The Morgan fingerprint density at radius 1 is 1.17 bits per heavy atom. The zero-order valence-electron chi connectivity index (χ0n) is 9.64. The van der Waals surface area contributed by atoms with Gasteiger partial charge in [-0.15, -0.1) is 0 Å². The minimum atomic E-state index is -0.214. The highest BCUT2D eigenvalue weighted by molar-refractivity contribution is 9.10.